The Morgan fingerprint density at radius 3 is 2.59 bits per heavy atom. The molecule has 2 nitrogen and oxygen atoms in total. The van der Waals surface area contributed by atoms with Gasteiger partial charge in [-0.3, -0.25) is 0 Å². The van der Waals surface area contributed by atoms with Gasteiger partial charge >= 0.3 is 0 Å². The van der Waals surface area contributed by atoms with Gasteiger partial charge in [-0.2, -0.15) is 0 Å². The Hall–Kier alpha value is -0.570. The molecule has 0 radical (unpaired) electrons. The van der Waals surface area contributed by atoms with E-state index in [1.807, 2.05) is 0 Å². The maximum Gasteiger partial charge on any atom is 0.177 e. The first-order chi connectivity index (χ1) is 8.00. The second kappa shape index (κ2) is 4.97. The molecule has 3 atom stereocenters. The second-order valence-electron chi connectivity index (χ2n) is 5.96. The molecule has 1 aromatic rings. The van der Waals surface area contributed by atoms with Crippen LogP contribution in [0.3, 0.4) is 0 Å². The average Bonchev–Trinajstić information content (AvgIpc) is 2.64. The van der Waals surface area contributed by atoms with Gasteiger partial charge in [0.15, 0.2) is 4.77 Å². The molecule has 0 bridgehead atoms. The highest BCUT2D eigenvalue weighted by Gasteiger charge is 2.27. The summed E-state index contributed by atoms with van der Waals surface area (Å²) in [6, 6.07) is 0.609. The molecule has 0 amide bonds. The first-order valence-corrected chi connectivity index (χ1v) is 7.21. The van der Waals surface area contributed by atoms with E-state index in [0.717, 1.165) is 16.6 Å². The van der Waals surface area contributed by atoms with Crippen LogP contribution < -0.4 is 0 Å². The molecule has 1 heterocycles. The largest absolute Gasteiger partial charge is 0.337 e. The molecule has 96 valence electrons. The third kappa shape index (κ3) is 2.49. The molecule has 1 N–H and O–H groups in total. The first-order valence-electron chi connectivity index (χ1n) is 6.80. The fourth-order valence-electron chi connectivity index (χ4n) is 2.97. The third-order valence-electron chi connectivity index (χ3n) is 4.37. The Morgan fingerprint density at radius 1 is 1.29 bits per heavy atom. The van der Waals surface area contributed by atoms with E-state index in [2.05, 4.69) is 43.4 Å². The summed E-state index contributed by atoms with van der Waals surface area (Å²) >= 11 is 5.45. The molecule has 1 aliphatic carbocycles. The van der Waals surface area contributed by atoms with E-state index < -0.39 is 0 Å². The summed E-state index contributed by atoms with van der Waals surface area (Å²) in [5, 5.41) is 0. The third-order valence-corrected chi connectivity index (χ3v) is 4.68. The highest BCUT2D eigenvalue weighted by Crippen LogP contribution is 2.37. The van der Waals surface area contributed by atoms with Crippen LogP contribution in [0.2, 0.25) is 0 Å². The van der Waals surface area contributed by atoms with Gasteiger partial charge in [0.25, 0.3) is 0 Å². The summed E-state index contributed by atoms with van der Waals surface area (Å²) in [6.45, 7) is 9.23. The van der Waals surface area contributed by atoms with E-state index in [0.29, 0.717) is 12.0 Å². The van der Waals surface area contributed by atoms with E-state index in [4.69, 9.17) is 12.2 Å². The van der Waals surface area contributed by atoms with Crippen molar-refractivity contribution in [3.05, 3.63) is 16.7 Å². The Morgan fingerprint density at radius 2 is 2.00 bits per heavy atom. The van der Waals surface area contributed by atoms with E-state index in [1.165, 1.54) is 25.0 Å². The van der Waals surface area contributed by atoms with E-state index in [-0.39, 0.29) is 0 Å². The highest BCUT2D eigenvalue weighted by molar-refractivity contribution is 7.71. The molecule has 3 unspecified atom stereocenters. The lowest BCUT2D eigenvalue weighted by atomic mass is 9.79. The maximum absolute atomic E-state index is 5.45. The van der Waals surface area contributed by atoms with Crippen LogP contribution in [-0.2, 0) is 0 Å². The zero-order valence-electron chi connectivity index (χ0n) is 11.4. The second-order valence-corrected chi connectivity index (χ2v) is 6.35. The van der Waals surface area contributed by atoms with Gasteiger partial charge in [-0.25, -0.2) is 0 Å². The van der Waals surface area contributed by atoms with Crippen molar-refractivity contribution < 1.29 is 0 Å². The number of imidazole rings is 1. The number of hydrogen-bond acceptors (Lipinski definition) is 1. The minimum Gasteiger partial charge on any atom is -0.337 e. The molecular formula is C14H24N2S. The smallest absolute Gasteiger partial charge is 0.177 e. The Kier molecular flexibility index (Phi) is 3.76. The number of nitrogens with zero attached hydrogens (tertiary/aromatic N) is 1. The van der Waals surface area contributed by atoms with Crippen molar-refractivity contribution in [2.24, 2.45) is 11.8 Å². The van der Waals surface area contributed by atoms with Crippen molar-refractivity contribution in [3.63, 3.8) is 0 Å². The molecule has 17 heavy (non-hydrogen) atoms. The van der Waals surface area contributed by atoms with E-state index in [9.17, 15) is 0 Å². The van der Waals surface area contributed by atoms with Crippen LogP contribution in [0, 0.1) is 16.6 Å². The van der Waals surface area contributed by atoms with Gasteiger partial charge in [0.1, 0.15) is 0 Å². The molecule has 1 aromatic heterocycles. The summed E-state index contributed by atoms with van der Waals surface area (Å²) in [4.78, 5) is 3.22. The normalized spacial score (nSPS) is 29.8. The summed E-state index contributed by atoms with van der Waals surface area (Å²) in [6.07, 6.45) is 5.97. The predicted molar refractivity (Wildman–Crippen MR) is 74.9 cm³/mol. The lowest BCUT2D eigenvalue weighted by Crippen LogP contribution is -2.24. The van der Waals surface area contributed by atoms with Crippen molar-refractivity contribution in [3.8, 4) is 0 Å². The minimum atomic E-state index is 0.539. The molecule has 1 saturated carbocycles. The Balaban J connectivity index is 2.28. The zero-order valence-corrected chi connectivity index (χ0v) is 12.2. The number of rotatable bonds is 2. The van der Waals surface area contributed by atoms with Gasteiger partial charge in [-0.1, -0.05) is 27.7 Å². The number of nitrogens with one attached hydrogen (secondary N) is 1. The van der Waals surface area contributed by atoms with Gasteiger partial charge in [0, 0.05) is 17.9 Å². The van der Waals surface area contributed by atoms with Gasteiger partial charge in [0.05, 0.1) is 0 Å². The summed E-state index contributed by atoms with van der Waals surface area (Å²) in [7, 11) is 0. The molecule has 0 aromatic carbocycles. The fraction of sp³-hybridized carbons (Fsp3) is 0.786. The summed E-state index contributed by atoms with van der Waals surface area (Å²) < 4.78 is 3.28. The van der Waals surface area contributed by atoms with Gasteiger partial charge in [-0.05, 0) is 49.2 Å². The molecule has 3 heteroatoms. The molecule has 1 fully saturated rings. The lowest BCUT2D eigenvalue weighted by Gasteiger charge is -2.34. The van der Waals surface area contributed by atoms with Crippen LogP contribution in [-0.4, -0.2) is 9.55 Å². The fourth-order valence-corrected chi connectivity index (χ4v) is 3.28. The van der Waals surface area contributed by atoms with E-state index >= 15 is 0 Å². The van der Waals surface area contributed by atoms with Gasteiger partial charge in [-0.15, -0.1) is 0 Å². The van der Waals surface area contributed by atoms with Crippen molar-refractivity contribution in [1.82, 2.24) is 9.55 Å². The molecule has 1 aliphatic rings. The van der Waals surface area contributed by atoms with Crippen molar-refractivity contribution in [2.75, 3.05) is 0 Å². The van der Waals surface area contributed by atoms with Crippen LogP contribution in [0.4, 0.5) is 0 Å². The average molecular weight is 252 g/mol. The van der Waals surface area contributed by atoms with Crippen LogP contribution in [0.25, 0.3) is 0 Å². The van der Waals surface area contributed by atoms with Gasteiger partial charge in [0.2, 0.25) is 0 Å². The van der Waals surface area contributed by atoms with Gasteiger partial charge < -0.3 is 9.55 Å². The maximum atomic E-state index is 5.45. The monoisotopic (exact) mass is 252 g/mol. The number of aromatic amines is 1. The molecule has 2 rings (SSSR count). The highest BCUT2D eigenvalue weighted by atomic mass is 32.1. The van der Waals surface area contributed by atoms with Crippen LogP contribution in [0.5, 0.6) is 0 Å². The number of hydrogen-bond donors (Lipinski definition) is 1. The van der Waals surface area contributed by atoms with Crippen molar-refractivity contribution >= 4 is 12.2 Å². The standard InChI is InChI=1S/C14H24N2S/c1-9(2)13-8-15-14(17)16(13)12-6-5-10(3)11(4)7-12/h8-12H,5-7H2,1-4H3,(H,15,17). The summed E-state index contributed by atoms with van der Waals surface area (Å²) in [5.41, 5.74) is 1.36. The first kappa shape index (κ1) is 12.9. The van der Waals surface area contributed by atoms with Crippen molar-refractivity contribution in [2.45, 2.75) is 58.9 Å². The quantitative estimate of drug-likeness (QED) is 0.759. The molecule has 0 aliphatic heterocycles. The molecule has 0 spiro atoms. The summed E-state index contributed by atoms with van der Waals surface area (Å²) in [5.74, 6) is 2.21. The van der Waals surface area contributed by atoms with Crippen LogP contribution >= 0.6 is 12.2 Å². The zero-order chi connectivity index (χ0) is 12.6. The van der Waals surface area contributed by atoms with Crippen LogP contribution in [0.15, 0.2) is 6.20 Å². The number of H-pyrrole nitrogens is 1. The Labute approximate surface area is 109 Å². The van der Waals surface area contributed by atoms with E-state index in [1.54, 1.807) is 0 Å². The lowest BCUT2D eigenvalue weighted by molar-refractivity contribution is 0.206. The topological polar surface area (TPSA) is 20.7 Å². The predicted octanol–water partition coefficient (Wildman–Crippen LogP) is 4.67. The van der Waals surface area contributed by atoms with Crippen LogP contribution in [0.1, 0.15) is 64.6 Å². The Bertz CT molecular complexity index is 430. The number of aromatic nitrogens is 2. The SMILES string of the molecule is CC(C)c1c[nH]c(=S)n1C1CCC(C)C(C)C1. The minimum absolute atomic E-state index is 0.539. The van der Waals surface area contributed by atoms with Crippen molar-refractivity contribution in [1.29, 1.82) is 0 Å². The molecule has 0 saturated heterocycles. The molecular weight excluding hydrogens is 228 g/mol.